The number of aryl methyl sites for hydroxylation is 2. The summed E-state index contributed by atoms with van der Waals surface area (Å²) in [6.07, 6.45) is 5.89. The fourth-order valence-electron chi connectivity index (χ4n) is 4.07. The van der Waals surface area contributed by atoms with Crippen LogP contribution in [0.4, 0.5) is 0 Å². The summed E-state index contributed by atoms with van der Waals surface area (Å²) in [5.41, 5.74) is 2.42. The highest BCUT2D eigenvalue weighted by atomic mass is 16.2. The summed E-state index contributed by atoms with van der Waals surface area (Å²) >= 11 is 0. The lowest BCUT2D eigenvalue weighted by Gasteiger charge is -2.32. The first-order valence-electron chi connectivity index (χ1n) is 9.52. The topological polar surface area (TPSA) is 51.0 Å². The summed E-state index contributed by atoms with van der Waals surface area (Å²) in [5.74, 6) is 2.78. The lowest BCUT2D eigenvalue weighted by atomic mass is 9.96. The van der Waals surface area contributed by atoms with Gasteiger partial charge in [0.1, 0.15) is 11.6 Å². The van der Waals surface area contributed by atoms with E-state index in [9.17, 15) is 4.79 Å². The first-order chi connectivity index (χ1) is 12.2. The minimum absolute atomic E-state index is 0.232. The summed E-state index contributed by atoms with van der Waals surface area (Å²) in [6.45, 7) is 4.83. The van der Waals surface area contributed by atoms with Gasteiger partial charge in [-0.3, -0.25) is 4.79 Å². The number of amides is 1. The molecular formula is C20H26N4O. The van der Waals surface area contributed by atoms with E-state index in [1.807, 2.05) is 4.90 Å². The predicted octanol–water partition coefficient (Wildman–Crippen LogP) is 2.74. The zero-order chi connectivity index (χ0) is 17.2. The number of piperidine rings is 1. The molecule has 0 aliphatic carbocycles. The average Bonchev–Trinajstić information content (AvgIpc) is 3.26. The molecule has 1 amide bonds. The van der Waals surface area contributed by atoms with Crippen LogP contribution in [0.5, 0.6) is 0 Å². The van der Waals surface area contributed by atoms with Gasteiger partial charge < -0.3 is 9.47 Å². The highest BCUT2D eigenvalue weighted by Gasteiger charge is 2.30. The summed E-state index contributed by atoms with van der Waals surface area (Å²) in [6, 6.07) is 8.43. The number of hydrogen-bond acceptors (Lipinski definition) is 3. The summed E-state index contributed by atoms with van der Waals surface area (Å²) in [5, 5.41) is 8.77. The molecule has 0 spiro atoms. The Labute approximate surface area is 149 Å². The van der Waals surface area contributed by atoms with Gasteiger partial charge >= 0.3 is 0 Å². The van der Waals surface area contributed by atoms with E-state index < -0.39 is 0 Å². The molecule has 1 saturated heterocycles. The summed E-state index contributed by atoms with van der Waals surface area (Å²) in [7, 11) is 0. The van der Waals surface area contributed by atoms with Crippen LogP contribution >= 0.6 is 0 Å². The van der Waals surface area contributed by atoms with Gasteiger partial charge in [-0.2, -0.15) is 0 Å². The normalized spacial score (nSPS) is 19.9. The molecule has 25 heavy (non-hydrogen) atoms. The molecular weight excluding hydrogens is 312 g/mol. The maximum atomic E-state index is 12.8. The van der Waals surface area contributed by atoms with Crippen LogP contribution in [-0.2, 0) is 30.6 Å². The van der Waals surface area contributed by atoms with Crippen LogP contribution in [0.15, 0.2) is 24.3 Å². The zero-order valence-electron chi connectivity index (χ0n) is 14.9. The van der Waals surface area contributed by atoms with Gasteiger partial charge in [0.15, 0.2) is 0 Å². The van der Waals surface area contributed by atoms with Gasteiger partial charge in [-0.05, 0) is 36.8 Å². The van der Waals surface area contributed by atoms with Crippen LogP contribution < -0.4 is 0 Å². The molecule has 1 atom stereocenters. The van der Waals surface area contributed by atoms with Gasteiger partial charge in [0.25, 0.3) is 0 Å². The van der Waals surface area contributed by atoms with Crippen LogP contribution in [0.2, 0.25) is 0 Å². The second-order valence-corrected chi connectivity index (χ2v) is 7.26. The number of nitrogens with zero attached hydrogens (tertiary/aromatic N) is 4. The van der Waals surface area contributed by atoms with E-state index in [1.165, 1.54) is 12.0 Å². The fraction of sp³-hybridized carbons (Fsp3) is 0.550. The fourth-order valence-corrected chi connectivity index (χ4v) is 4.07. The standard InChI is InChI=1S/C20H26N4O/c1-2-15-7-9-16(10-8-15)13-19(25)23-11-3-5-17(14-23)20-22-21-18-6-4-12-24(18)20/h7-10,17H,2-6,11-14H2,1H3. The Morgan fingerprint density at radius 3 is 2.72 bits per heavy atom. The molecule has 1 aromatic heterocycles. The average molecular weight is 338 g/mol. The molecule has 4 rings (SSSR count). The molecule has 5 nitrogen and oxygen atoms in total. The van der Waals surface area contributed by atoms with E-state index >= 15 is 0 Å². The van der Waals surface area contributed by atoms with Gasteiger partial charge in [0.05, 0.1) is 6.42 Å². The maximum absolute atomic E-state index is 12.8. The van der Waals surface area contributed by atoms with Gasteiger partial charge in [0, 0.05) is 32.0 Å². The first kappa shape index (κ1) is 16.3. The van der Waals surface area contributed by atoms with Crippen LogP contribution in [0.25, 0.3) is 0 Å². The van der Waals surface area contributed by atoms with E-state index in [0.717, 1.165) is 62.5 Å². The van der Waals surface area contributed by atoms with Crippen LogP contribution in [0.3, 0.4) is 0 Å². The number of carbonyl (C=O) groups is 1. The number of hydrogen-bond donors (Lipinski definition) is 0. The number of benzene rings is 1. The van der Waals surface area contributed by atoms with Crippen molar-refractivity contribution in [3.8, 4) is 0 Å². The zero-order valence-corrected chi connectivity index (χ0v) is 14.9. The second-order valence-electron chi connectivity index (χ2n) is 7.26. The van der Waals surface area contributed by atoms with Gasteiger partial charge in [-0.1, -0.05) is 31.2 Å². The minimum atomic E-state index is 0.232. The quantitative estimate of drug-likeness (QED) is 0.861. The van der Waals surface area contributed by atoms with Crippen molar-refractivity contribution in [1.82, 2.24) is 19.7 Å². The Morgan fingerprint density at radius 1 is 1.12 bits per heavy atom. The molecule has 1 fully saturated rings. The molecule has 132 valence electrons. The van der Waals surface area contributed by atoms with E-state index in [-0.39, 0.29) is 5.91 Å². The van der Waals surface area contributed by atoms with Crippen molar-refractivity contribution in [3.63, 3.8) is 0 Å². The Morgan fingerprint density at radius 2 is 1.92 bits per heavy atom. The molecule has 2 aromatic rings. The largest absolute Gasteiger partial charge is 0.342 e. The van der Waals surface area contributed by atoms with Crippen molar-refractivity contribution in [2.45, 2.75) is 57.9 Å². The number of carbonyl (C=O) groups excluding carboxylic acids is 1. The second kappa shape index (κ2) is 6.98. The van der Waals surface area contributed by atoms with Crippen LogP contribution in [0.1, 0.15) is 54.9 Å². The SMILES string of the molecule is CCc1ccc(CC(=O)N2CCCC(c3nnc4n3CCC4)C2)cc1. The van der Waals surface area contributed by atoms with Crippen LogP contribution in [0, 0.1) is 0 Å². The summed E-state index contributed by atoms with van der Waals surface area (Å²) in [4.78, 5) is 14.8. The number of likely N-dealkylation sites (tertiary alicyclic amines) is 1. The Kier molecular flexibility index (Phi) is 4.55. The number of aromatic nitrogens is 3. The van der Waals surface area contributed by atoms with E-state index in [4.69, 9.17) is 0 Å². The third-order valence-corrected chi connectivity index (χ3v) is 5.56. The molecule has 0 saturated carbocycles. The van der Waals surface area contributed by atoms with Crippen molar-refractivity contribution in [1.29, 1.82) is 0 Å². The highest BCUT2D eigenvalue weighted by Crippen LogP contribution is 2.28. The van der Waals surface area contributed by atoms with Gasteiger partial charge in [-0.25, -0.2) is 0 Å². The van der Waals surface area contributed by atoms with Gasteiger partial charge in [-0.15, -0.1) is 10.2 Å². The molecule has 1 aromatic carbocycles. The summed E-state index contributed by atoms with van der Waals surface area (Å²) < 4.78 is 2.28. The van der Waals surface area contributed by atoms with E-state index in [2.05, 4.69) is 46.0 Å². The Balaban J connectivity index is 1.42. The molecule has 3 heterocycles. The van der Waals surface area contributed by atoms with Crippen molar-refractivity contribution in [2.75, 3.05) is 13.1 Å². The molecule has 2 aliphatic heterocycles. The third-order valence-electron chi connectivity index (χ3n) is 5.56. The maximum Gasteiger partial charge on any atom is 0.227 e. The molecule has 0 N–H and O–H groups in total. The lowest BCUT2D eigenvalue weighted by Crippen LogP contribution is -2.40. The van der Waals surface area contributed by atoms with E-state index in [1.54, 1.807) is 0 Å². The van der Waals surface area contributed by atoms with Crippen molar-refractivity contribution < 1.29 is 4.79 Å². The predicted molar refractivity (Wildman–Crippen MR) is 96.4 cm³/mol. The van der Waals surface area contributed by atoms with Crippen molar-refractivity contribution >= 4 is 5.91 Å². The first-order valence-corrected chi connectivity index (χ1v) is 9.52. The molecule has 2 aliphatic rings. The Hall–Kier alpha value is -2.17. The smallest absolute Gasteiger partial charge is 0.227 e. The number of fused-ring (bicyclic) bond motifs is 1. The third kappa shape index (κ3) is 3.32. The monoisotopic (exact) mass is 338 g/mol. The van der Waals surface area contributed by atoms with Crippen molar-refractivity contribution in [3.05, 3.63) is 47.0 Å². The molecule has 1 unspecified atom stereocenters. The molecule has 5 heteroatoms. The molecule has 0 bridgehead atoms. The number of rotatable bonds is 4. The highest BCUT2D eigenvalue weighted by molar-refractivity contribution is 5.79. The van der Waals surface area contributed by atoms with Crippen molar-refractivity contribution in [2.24, 2.45) is 0 Å². The van der Waals surface area contributed by atoms with Crippen LogP contribution in [-0.4, -0.2) is 38.7 Å². The van der Waals surface area contributed by atoms with E-state index in [0.29, 0.717) is 12.3 Å². The van der Waals surface area contributed by atoms with Gasteiger partial charge in [0.2, 0.25) is 5.91 Å². The Bertz CT molecular complexity index is 750. The minimum Gasteiger partial charge on any atom is -0.342 e. The molecule has 0 radical (unpaired) electrons. The lowest BCUT2D eigenvalue weighted by molar-refractivity contribution is -0.131.